The minimum atomic E-state index is -0.377. The Morgan fingerprint density at radius 1 is 1.22 bits per heavy atom. The van der Waals surface area contributed by atoms with Gasteiger partial charge in [0.15, 0.2) is 0 Å². The lowest BCUT2D eigenvalue weighted by molar-refractivity contribution is 0.275. The molecule has 23 heavy (non-hydrogen) atoms. The van der Waals surface area contributed by atoms with Gasteiger partial charge in [0.05, 0.1) is 12.6 Å². The first-order chi connectivity index (χ1) is 11.1. The second-order valence-corrected chi connectivity index (χ2v) is 5.77. The number of furan rings is 1. The second kappa shape index (κ2) is 6.52. The van der Waals surface area contributed by atoms with Crippen LogP contribution in [0.25, 0.3) is 11.0 Å². The third kappa shape index (κ3) is 3.14. The Morgan fingerprint density at radius 3 is 2.74 bits per heavy atom. The van der Waals surface area contributed by atoms with Crippen LogP contribution >= 0.6 is 0 Å². The summed E-state index contributed by atoms with van der Waals surface area (Å²) < 4.78 is 19.4. The molecule has 0 bridgehead atoms. The van der Waals surface area contributed by atoms with Crippen LogP contribution in [0, 0.1) is 12.7 Å². The van der Waals surface area contributed by atoms with Gasteiger partial charge >= 0.3 is 0 Å². The van der Waals surface area contributed by atoms with Crippen molar-refractivity contribution in [2.75, 3.05) is 0 Å². The fraction of sp³-hybridized carbons (Fsp3) is 0.263. The van der Waals surface area contributed by atoms with E-state index in [4.69, 9.17) is 9.52 Å². The van der Waals surface area contributed by atoms with Crippen LogP contribution in [0.15, 0.2) is 46.9 Å². The van der Waals surface area contributed by atoms with Gasteiger partial charge in [-0.25, -0.2) is 4.39 Å². The van der Waals surface area contributed by atoms with Crippen LogP contribution < -0.4 is 5.32 Å². The maximum Gasteiger partial charge on any atom is 0.134 e. The average molecular weight is 313 g/mol. The van der Waals surface area contributed by atoms with Crippen molar-refractivity contribution >= 4 is 11.0 Å². The van der Waals surface area contributed by atoms with Crippen molar-refractivity contribution < 1.29 is 13.9 Å². The zero-order chi connectivity index (χ0) is 16.4. The molecule has 4 heteroatoms. The topological polar surface area (TPSA) is 45.4 Å². The van der Waals surface area contributed by atoms with Gasteiger partial charge in [-0.3, -0.25) is 0 Å². The van der Waals surface area contributed by atoms with E-state index in [1.165, 1.54) is 6.07 Å². The van der Waals surface area contributed by atoms with E-state index in [0.29, 0.717) is 12.1 Å². The van der Waals surface area contributed by atoms with E-state index < -0.39 is 0 Å². The average Bonchev–Trinajstić information content (AvgIpc) is 2.91. The van der Waals surface area contributed by atoms with Crippen LogP contribution in [0.3, 0.4) is 0 Å². The zero-order valence-corrected chi connectivity index (χ0v) is 13.3. The molecule has 0 aliphatic heterocycles. The molecule has 0 saturated carbocycles. The van der Waals surface area contributed by atoms with E-state index >= 15 is 0 Å². The van der Waals surface area contributed by atoms with E-state index in [0.717, 1.165) is 27.9 Å². The number of aryl methyl sites for hydroxylation is 1. The quantitative estimate of drug-likeness (QED) is 0.741. The number of hydrogen-bond acceptors (Lipinski definition) is 3. The monoisotopic (exact) mass is 313 g/mol. The number of para-hydroxylation sites is 1. The summed E-state index contributed by atoms with van der Waals surface area (Å²) >= 11 is 0. The van der Waals surface area contributed by atoms with Crippen LogP contribution in [-0.2, 0) is 13.2 Å². The van der Waals surface area contributed by atoms with Gasteiger partial charge in [0, 0.05) is 17.5 Å². The standard InChI is InChI=1S/C19H20FNO2/c1-12-16-5-3-4-6-18(16)23-19(12)13(2)21-10-14-7-8-17(20)15(9-14)11-22/h3-9,13,21-22H,10-11H2,1-2H3. The number of aliphatic hydroxyl groups excluding tert-OH is 1. The third-order valence-corrected chi connectivity index (χ3v) is 4.17. The van der Waals surface area contributed by atoms with Gasteiger partial charge in [0.2, 0.25) is 0 Å². The molecule has 3 rings (SSSR count). The summed E-state index contributed by atoms with van der Waals surface area (Å²) in [4.78, 5) is 0. The molecule has 0 spiro atoms. The summed E-state index contributed by atoms with van der Waals surface area (Å²) in [5.41, 5.74) is 3.27. The lowest BCUT2D eigenvalue weighted by Crippen LogP contribution is -2.18. The Morgan fingerprint density at radius 2 is 2.00 bits per heavy atom. The molecule has 1 heterocycles. The number of nitrogens with one attached hydrogen (secondary N) is 1. The third-order valence-electron chi connectivity index (χ3n) is 4.17. The van der Waals surface area contributed by atoms with Crippen molar-refractivity contribution in [3.63, 3.8) is 0 Å². The highest BCUT2D eigenvalue weighted by molar-refractivity contribution is 5.82. The molecule has 120 valence electrons. The van der Waals surface area contributed by atoms with E-state index in [9.17, 15) is 4.39 Å². The Bertz CT molecular complexity index is 825. The number of benzene rings is 2. The fourth-order valence-electron chi connectivity index (χ4n) is 2.83. The molecule has 1 unspecified atom stereocenters. The first-order valence-corrected chi connectivity index (χ1v) is 7.69. The van der Waals surface area contributed by atoms with Crippen molar-refractivity contribution in [1.82, 2.24) is 5.32 Å². The first-order valence-electron chi connectivity index (χ1n) is 7.69. The zero-order valence-electron chi connectivity index (χ0n) is 13.3. The highest BCUT2D eigenvalue weighted by Crippen LogP contribution is 2.29. The summed E-state index contributed by atoms with van der Waals surface area (Å²) in [5, 5.41) is 13.7. The number of halogens is 1. The van der Waals surface area contributed by atoms with Crippen molar-refractivity contribution in [2.45, 2.75) is 33.0 Å². The Kier molecular flexibility index (Phi) is 4.46. The van der Waals surface area contributed by atoms with Crippen LogP contribution in [0.2, 0.25) is 0 Å². The summed E-state index contributed by atoms with van der Waals surface area (Å²) in [5.74, 6) is 0.535. The van der Waals surface area contributed by atoms with Crippen molar-refractivity contribution in [3.8, 4) is 0 Å². The molecule has 2 aromatic carbocycles. The van der Waals surface area contributed by atoms with Gasteiger partial charge in [-0.1, -0.05) is 24.3 Å². The molecule has 3 aromatic rings. The highest BCUT2D eigenvalue weighted by Gasteiger charge is 2.16. The maximum atomic E-state index is 13.4. The molecular formula is C19H20FNO2. The van der Waals surface area contributed by atoms with E-state index in [2.05, 4.69) is 18.3 Å². The van der Waals surface area contributed by atoms with Gasteiger partial charge in [-0.05, 0) is 43.2 Å². The number of fused-ring (bicyclic) bond motifs is 1. The summed E-state index contributed by atoms with van der Waals surface area (Å²) in [6, 6.07) is 12.8. The van der Waals surface area contributed by atoms with Crippen LogP contribution in [0.4, 0.5) is 4.39 Å². The second-order valence-electron chi connectivity index (χ2n) is 5.77. The lowest BCUT2D eigenvalue weighted by atomic mass is 10.1. The van der Waals surface area contributed by atoms with E-state index in [1.54, 1.807) is 12.1 Å². The number of hydrogen-bond donors (Lipinski definition) is 2. The van der Waals surface area contributed by atoms with Gasteiger partial charge in [0.1, 0.15) is 17.2 Å². The molecule has 0 amide bonds. The van der Waals surface area contributed by atoms with E-state index in [-0.39, 0.29) is 18.5 Å². The van der Waals surface area contributed by atoms with Crippen molar-refractivity contribution in [3.05, 3.63) is 70.7 Å². The van der Waals surface area contributed by atoms with Gasteiger partial charge in [-0.15, -0.1) is 0 Å². The van der Waals surface area contributed by atoms with Crippen LogP contribution in [0.1, 0.15) is 35.4 Å². The lowest BCUT2D eigenvalue weighted by Gasteiger charge is -2.13. The molecule has 3 nitrogen and oxygen atoms in total. The molecule has 0 saturated heterocycles. The fourth-order valence-corrected chi connectivity index (χ4v) is 2.83. The molecular weight excluding hydrogens is 293 g/mol. The largest absolute Gasteiger partial charge is 0.459 e. The molecule has 0 aliphatic carbocycles. The predicted molar refractivity (Wildman–Crippen MR) is 88.5 cm³/mol. The molecule has 1 atom stereocenters. The minimum absolute atomic E-state index is 0.0324. The predicted octanol–water partition coefficient (Wildman–Crippen LogP) is 4.22. The molecule has 2 N–H and O–H groups in total. The summed E-state index contributed by atoms with van der Waals surface area (Å²) in [6.07, 6.45) is 0. The SMILES string of the molecule is Cc1c(C(C)NCc2ccc(F)c(CO)c2)oc2ccccc12. The van der Waals surface area contributed by atoms with Crippen LogP contribution in [0.5, 0.6) is 0 Å². The van der Waals surface area contributed by atoms with Crippen LogP contribution in [-0.4, -0.2) is 5.11 Å². The molecule has 0 aliphatic rings. The van der Waals surface area contributed by atoms with E-state index in [1.807, 2.05) is 25.1 Å². The first kappa shape index (κ1) is 15.7. The maximum absolute atomic E-state index is 13.4. The normalized spacial score (nSPS) is 12.7. The van der Waals surface area contributed by atoms with Gasteiger partial charge in [0.25, 0.3) is 0 Å². The van der Waals surface area contributed by atoms with Gasteiger partial charge < -0.3 is 14.8 Å². The molecule has 1 aromatic heterocycles. The molecule has 0 radical (unpaired) electrons. The summed E-state index contributed by atoms with van der Waals surface area (Å²) in [7, 11) is 0. The number of aliphatic hydroxyl groups is 1. The Labute approximate surface area is 134 Å². The smallest absolute Gasteiger partial charge is 0.134 e. The molecule has 0 fully saturated rings. The summed E-state index contributed by atoms with van der Waals surface area (Å²) in [6.45, 7) is 4.38. The minimum Gasteiger partial charge on any atom is -0.459 e. The Balaban J connectivity index is 1.76. The van der Waals surface area contributed by atoms with Gasteiger partial charge in [-0.2, -0.15) is 0 Å². The number of rotatable bonds is 5. The van der Waals surface area contributed by atoms with Crippen molar-refractivity contribution in [1.29, 1.82) is 0 Å². The van der Waals surface area contributed by atoms with Crippen molar-refractivity contribution in [2.24, 2.45) is 0 Å². The Hall–Kier alpha value is -2.17. The highest BCUT2D eigenvalue weighted by atomic mass is 19.1.